The minimum atomic E-state index is -0.668. The van der Waals surface area contributed by atoms with Crippen LogP contribution in [0.3, 0.4) is 0 Å². The number of rotatable bonds is 2. The summed E-state index contributed by atoms with van der Waals surface area (Å²) in [4.78, 5) is 20.9. The van der Waals surface area contributed by atoms with E-state index in [0.717, 1.165) is 16.7 Å². The van der Waals surface area contributed by atoms with Gasteiger partial charge in [-0.25, -0.2) is 4.79 Å². The molecule has 0 aliphatic carbocycles. The van der Waals surface area contributed by atoms with Gasteiger partial charge in [0, 0.05) is 18.0 Å². The number of benzene rings is 1. The Morgan fingerprint density at radius 3 is 2.79 bits per heavy atom. The summed E-state index contributed by atoms with van der Waals surface area (Å²) in [5, 5.41) is 11.8. The van der Waals surface area contributed by atoms with Crippen molar-refractivity contribution in [3.05, 3.63) is 53.9 Å². The van der Waals surface area contributed by atoms with Crippen LogP contribution in [0.25, 0.3) is 11.1 Å². The maximum absolute atomic E-state index is 12.1. The number of amides is 1. The van der Waals surface area contributed by atoms with Crippen LogP contribution in [0, 0.1) is 11.3 Å². The lowest BCUT2D eigenvalue weighted by molar-refractivity contribution is 0.0543. The number of nitriles is 1. The summed E-state index contributed by atoms with van der Waals surface area (Å²) >= 11 is 0. The van der Waals surface area contributed by atoms with Gasteiger partial charge < -0.3 is 9.47 Å². The van der Waals surface area contributed by atoms with E-state index in [1.54, 1.807) is 33.0 Å². The summed E-state index contributed by atoms with van der Waals surface area (Å²) in [5.41, 5.74) is 1.95. The number of carbonyl (C=O) groups is 1. The normalized spacial score (nSPS) is 19.1. The maximum Gasteiger partial charge on any atom is 0.413 e. The number of aromatic nitrogens is 1. The first-order valence-electron chi connectivity index (χ1n) is 9.31. The van der Waals surface area contributed by atoms with Gasteiger partial charge in [0.15, 0.2) is 0 Å². The van der Waals surface area contributed by atoms with Crippen molar-refractivity contribution in [2.24, 2.45) is 4.99 Å². The van der Waals surface area contributed by atoms with Gasteiger partial charge in [0.2, 0.25) is 0 Å². The Morgan fingerprint density at radius 2 is 2.07 bits per heavy atom. The zero-order valence-corrected chi connectivity index (χ0v) is 17.0. The summed E-state index contributed by atoms with van der Waals surface area (Å²) in [6, 6.07) is 11.8. The number of pyridine rings is 1. The molecule has 1 N–H and O–H groups in total. The first-order chi connectivity index (χ1) is 13.7. The molecule has 0 spiro atoms. The third kappa shape index (κ3) is 5.18. The van der Waals surface area contributed by atoms with Gasteiger partial charge in [0.05, 0.1) is 12.2 Å². The summed E-state index contributed by atoms with van der Waals surface area (Å²) in [7, 11) is 0. The lowest BCUT2D eigenvalue weighted by Crippen LogP contribution is -2.44. The molecule has 150 valence electrons. The second kappa shape index (κ2) is 8.02. The SMILES string of the molecule is CC(C)(C)OC(=O)NC1=N[C@@](C)(c2cccc(-c3cncc(C#N)c3)c2)COC1. The smallest absolute Gasteiger partial charge is 0.413 e. The molecule has 1 atom stereocenters. The van der Waals surface area contributed by atoms with Crippen LogP contribution < -0.4 is 5.32 Å². The molecular formula is C22H24N4O3. The van der Waals surface area contributed by atoms with Crippen LogP contribution in [-0.2, 0) is 15.0 Å². The summed E-state index contributed by atoms with van der Waals surface area (Å²) in [6.07, 6.45) is 2.69. The molecule has 0 unspecified atom stereocenters. The molecule has 3 rings (SSSR count). The third-order valence-corrected chi connectivity index (χ3v) is 4.33. The molecule has 1 aromatic heterocycles. The van der Waals surface area contributed by atoms with Crippen molar-refractivity contribution in [3.8, 4) is 17.2 Å². The molecular weight excluding hydrogens is 368 g/mol. The molecule has 0 saturated heterocycles. The van der Waals surface area contributed by atoms with E-state index in [1.807, 2.05) is 31.2 Å². The minimum absolute atomic E-state index is 0.211. The van der Waals surface area contributed by atoms with Crippen molar-refractivity contribution in [2.75, 3.05) is 13.2 Å². The third-order valence-electron chi connectivity index (χ3n) is 4.33. The first-order valence-corrected chi connectivity index (χ1v) is 9.31. The van der Waals surface area contributed by atoms with Crippen molar-refractivity contribution in [1.29, 1.82) is 5.26 Å². The number of aliphatic imine (C=N–C) groups is 1. The Hall–Kier alpha value is -3.24. The van der Waals surface area contributed by atoms with Crippen molar-refractivity contribution in [3.63, 3.8) is 0 Å². The molecule has 2 heterocycles. The number of nitrogens with one attached hydrogen (secondary N) is 1. The van der Waals surface area contributed by atoms with Crippen LogP contribution in [0.1, 0.15) is 38.8 Å². The maximum atomic E-state index is 12.1. The first kappa shape index (κ1) is 20.5. The molecule has 29 heavy (non-hydrogen) atoms. The van der Waals surface area contributed by atoms with E-state index in [9.17, 15) is 4.79 Å². The van der Waals surface area contributed by atoms with Crippen LogP contribution in [0.2, 0.25) is 0 Å². The predicted molar refractivity (Wildman–Crippen MR) is 109 cm³/mol. The lowest BCUT2D eigenvalue weighted by Gasteiger charge is -2.31. The fourth-order valence-corrected chi connectivity index (χ4v) is 3.03. The lowest BCUT2D eigenvalue weighted by atomic mass is 9.90. The number of amidine groups is 1. The topological polar surface area (TPSA) is 96.6 Å². The van der Waals surface area contributed by atoms with Crippen molar-refractivity contribution in [2.45, 2.75) is 38.8 Å². The molecule has 7 nitrogen and oxygen atoms in total. The van der Waals surface area contributed by atoms with Crippen molar-refractivity contribution in [1.82, 2.24) is 10.3 Å². The van der Waals surface area contributed by atoms with Crippen molar-refractivity contribution < 1.29 is 14.3 Å². The number of hydrogen-bond donors (Lipinski definition) is 1. The van der Waals surface area contributed by atoms with Crippen molar-refractivity contribution >= 4 is 11.9 Å². The molecule has 1 aliphatic rings. The standard InChI is InChI=1S/C22H24N4O3/c1-21(2,3)29-20(27)25-19-13-28-14-22(4,26-19)18-7-5-6-16(9-18)17-8-15(10-23)11-24-12-17/h5-9,11-12H,13-14H2,1-4H3,(H,25,26,27)/t22-/m1/s1. The Morgan fingerprint density at radius 1 is 1.28 bits per heavy atom. The Kier molecular flexibility index (Phi) is 5.66. The van der Waals surface area contributed by atoms with Gasteiger partial charge in [0.25, 0.3) is 0 Å². The monoisotopic (exact) mass is 392 g/mol. The van der Waals surface area contributed by atoms with Gasteiger partial charge in [0.1, 0.15) is 29.7 Å². The molecule has 0 bridgehead atoms. The van der Waals surface area contributed by atoms with Gasteiger partial charge in [-0.15, -0.1) is 0 Å². The Bertz CT molecular complexity index is 988. The van der Waals surface area contributed by atoms with Crippen LogP contribution in [0.15, 0.2) is 47.7 Å². The summed E-state index contributed by atoms with van der Waals surface area (Å²) < 4.78 is 11.0. The number of hydrogen-bond acceptors (Lipinski definition) is 6. The highest BCUT2D eigenvalue weighted by atomic mass is 16.6. The van der Waals surface area contributed by atoms with Crippen LogP contribution in [-0.4, -0.2) is 35.7 Å². The largest absolute Gasteiger partial charge is 0.444 e. The van der Waals surface area contributed by atoms with Crippen LogP contribution >= 0.6 is 0 Å². The second-order valence-electron chi connectivity index (χ2n) is 8.11. The highest BCUT2D eigenvalue weighted by Crippen LogP contribution is 2.31. The Labute approximate surface area is 170 Å². The van der Waals surface area contributed by atoms with E-state index < -0.39 is 17.2 Å². The second-order valence-corrected chi connectivity index (χ2v) is 8.11. The number of carbonyl (C=O) groups excluding carboxylic acids is 1. The van der Waals surface area contributed by atoms with Crippen LogP contribution in [0.5, 0.6) is 0 Å². The molecule has 1 aromatic carbocycles. The summed E-state index contributed by atoms with van der Waals surface area (Å²) in [5.74, 6) is 0.423. The van der Waals surface area contributed by atoms with Crippen LogP contribution in [0.4, 0.5) is 4.79 Å². The number of alkyl carbamates (subject to hydrolysis) is 1. The zero-order chi connectivity index (χ0) is 21.1. The zero-order valence-electron chi connectivity index (χ0n) is 17.0. The van der Waals surface area contributed by atoms with E-state index in [0.29, 0.717) is 18.0 Å². The van der Waals surface area contributed by atoms with E-state index in [-0.39, 0.29) is 6.61 Å². The van der Waals surface area contributed by atoms with E-state index in [4.69, 9.17) is 19.7 Å². The molecule has 0 fully saturated rings. The fraction of sp³-hybridized carbons (Fsp3) is 0.364. The van der Waals surface area contributed by atoms with Gasteiger partial charge in [-0.05, 0) is 51.0 Å². The fourth-order valence-electron chi connectivity index (χ4n) is 3.03. The van der Waals surface area contributed by atoms with E-state index in [1.165, 1.54) is 6.20 Å². The molecule has 0 saturated carbocycles. The number of nitrogens with zero attached hydrogens (tertiary/aromatic N) is 3. The predicted octanol–water partition coefficient (Wildman–Crippen LogP) is 3.79. The van der Waals surface area contributed by atoms with Gasteiger partial charge in [-0.1, -0.05) is 18.2 Å². The average molecular weight is 392 g/mol. The Balaban J connectivity index is 1.87. The quantitative estimate of drug-likeness (QED) is 0.839. The molecule has 2 aromatic rings. The molecule has 0 radical (unpaired) electrons. The highest BCUT2D eigenvalue weighted by Gasteiger charge is 2.32. The summed E-state index contributed by atoms with van der Waals surface area (Å²) in [6.45, 7) is 7.95. The minimum Gasteiger partial charge on any atom is -0.444 e. The average Bonchev–Trinajstić information content (AvgIpc) is 2.67. The molecule has 7 heteroatoms. The van der Waals surface area contributed by atoms with Gasteiger partial charge in [-0.2, -0.15) is 5.26 Å². The molecule has 1 aliphatic heterocycles. The van der Waals surface area contributed by atoms with E-state index in [2.05, 4.69) is 16.4 Å². The van der Waals surface area contributed by atoms with Gasteiger partial charge in [-0.3, -0.25) is 15.3 Å². The number of ether oxygens (including phenoxy) is 2. The van der Waals surface area contributed by atoms with E-state index >= 15 is 0 Å². The highest BCUT2D eigenvalue weighted by molar-refractivity contribution is 5.96. The van der Waals surface area contributed by atoms with Gasteiger partial charge >= 0.3 is 6.09 Å². The molecule has 1 amide bonds.